The second kappa shape index (κ2) is 4.13. The fourth-order valence-corrected chi connectivity index (χ4v) is 2.00. The van der Waals surface area contributed by atoms with Crippen LogP contribution in [0.15, 0.2) is 34.0 Å². The first-order valence-corrected chi connectivity index (χ1v) is 5.47. The van der Waals surface area contributed by atoms with Gasteiger partial charge in [0.15, 0.2) is 0 Å². The van der Waals surface area contributed by atoms with E-state index in [9.17, 15) is 0 Å². The molecule has 0 bridgehead atoms. The number of nitrogens with zero attached hydrogens (tertiary/aromatic N) is 1. The molecule has 14 heavy (non-hydrogen) atoms. The van der Waals surface area contributed by atoms with E-state index in [1.165, 1.54) is 11.3 Å². The molecule has 0 radical (unpaired) electrons. The number of aliphatic hydroxyl groups is 1. The van der Waals surface area contributed by atoms with Gasteiger partial charge in [0.2, 0.25) is 0 Å². The molecule has 0 fully saturated rings. The van der Waals surface area contributed by atoms with E-state index < -0.39 is 0 Å². The summed E-state index contributed by atoms with van der Waals surface area (Å²) >= 11 is 5.67. The lowest BCUT2D eigenvalue weighted by Gasteiger charge is -1.98. The number of rotatable bonds is 2. The van der Waals surface area contributed by atoms with Crippen molar-refractivity contribution in [3.63, 3.8) is 0 Å². The standard InChI is InChI=1S/C10H9NOS2/c12-5-7-1-3-8(4-2-7)9-6-14-10(13)11-9/h1-4,6,12H,5H2,(H,11,13). The largest absolute Gasteiger partial charge is 0.392 e. The summed E-state index contributed by atoms with van der Waals surface area (Å²) < 4.78 is 0.770. The topological polar surface area (TPSA) is 33.1 Å². The fourth-order valence-electron chi connectivity index (χ4n) is 1.18. The van der Waals surface area contributed by atoms with Crippen LogP contribution in [0.1, 0.15) is 5.56 Å². The molecule has 4 heteroatoms. The van der Waals surface area contributed by atoms with E-state index >= 15 is 0 Å². The van der Waals surface area contributed by atoms with Gasteiger partial charge < -0.3 is 5.11 Å². The summed E-state index contributed by atoms with van der Waals surface area (Å²) in [6.45, 7) is 0.0785. The highest BCUT2D eigenvalue weighted by atomic mass is 32.2. The van der Waals surface area contributed by atoms with Gasteiger partial charge >= 0.3 is 0 Å². The SMILES string of the molecule is OCc1ccc(-c2csc(S)n2)cc1. The number of aromatic nitrogens is 1. The number of thiazole rings is 1. The minimum absolute atomic E-state index is 0.0785. The lowest BCUT2D eigenvalue weighted by Crippen LogP contribution is -1.83. The molecule has 0 atom stereocenters. The monoisotopic (exact) mass is 223 g/mol. The molecular weight excluding hydrogens is 214 g/mol. The smallest absolute Gasteiger partial charge is 0.147 e. The molecule has 1 aromatic carbocycles. The minimum Gasteiger partial charge on any atom is -0.392 e. The van der Waals surface area contributed by atoms with Crippen molar-refractivity contribution < 1.29 is 5.11 Å². The molecule has 1 heterocycles. The Morgan fingerprint density at radius 3 is 2.50 bits per heavy atom. The zero-order valence-electron chi connectivity index (χ0n) is 7.34. The molecule has 2 rings (SSSR count). The van der Waals surface area contributed by atoms with E-state index in [0.717, 1.165) is 21.2 Å². The van der Waals surface area contributed by atoms with Crippen LogP contribution in [0.4, 0.5) is 0 Å². The Morgan fingerprint density at radius 2 is 2.00 bits per heavy atom. The maximum Gasteiger partial charge on any atom is 0.147 e. The number of aliphatic hydroxyl groups excluding tert-OH is 1. The van der Waals surface area contributed by atoms with Crippen LogP contribution in [0.5, 0.6) is 0 Å². The van der Waals surface area contributed by atoms with E-state index in [0.29, 0.717) is 0 Å². The number of hydrogen-bond acceptors (Lipinski definition) is 4. The van der Waals surface area contributed by atoms with Crippen LogP contribution in [-0.4, -0.2) is 10.1 Å². The summed E-state index contributed by atoms with van der Waals surface area (Å²) in [6, 6.07) is 7.70. The molecule has 1 N–H and O–H groups in total. The molecule has 2 aromatic rings. The molecule has 0 aliphatic heterocycles. The Bertz CT molecular complexity index is 422. The highest BCUT2D eigenvalue weighted by Crippen LogP contribution is 2.23. The second-order valence-electron chi connectivity index (χ2n) is 2.87. The van der Waals surface area contributed by atoms with Crippen LogP contribution in [0.2, 0.25) is 0 Å². The van der Waals surface area contributed by atoms with Gasteiger partial charge in [-0.15, -0.1) is 24.0 Å². The first-order chi connectivity index (χ1) is 6.79. The third-order valence-corrected chi connectivity index (χ3v) is 2.98. The first-order valence-electron chi connectivity index (χ1n) is 4.14. The molecule has 0 spiro atoms. The van der Waals surface area contributed by atoms with Gasteiger partial charge in [-0.25, -0.2) is 4.98 Å². The molecule has 0 unspecified atom stereocenters. The Labute approximate surface area is 91.7 Å². The zero-order chi connectivity index (χ0) is 9.97. The van der Waals surface area contributed by atoms with Crippen LogP contribution >= 0.6 is 24.0 Å². The van der Waals surface area contributed by atoms with Crippen LogP contribution in [-0.2, 0) is 6.61 Å². The van der Waals surface area contributed by atoms with E-state index in [4.69, 9.17) is 5.11 Å². The summed E-state index contributed by atoms with van der Waals surface area (Å²) in [7, 11) is 0. The molecule has 1 aromatic heterocycles. The summed E-state index contributed by atoms with van der Waals surface area (Å²) in [4.78, 5) is 4.26. The minimum atomic E-state index is 0.0785. The van der Waals surface area contributed by atoms with Crippen LogP contribution in [0.3, 0.4) is 0 Å². The van der Waals surface area contributed by atoms with Gasteiger partial charge in [0.25, 0.3) is 0 Å². The van der Waals surface area contributed by atoms with Crippen molar-refractivity contribution in [2.75, 3.05) is 0 Å². The van der Waals surface area contributed by atoms with Crippen molar-refractivity contribution in [3.8, 4) is 11.3 Å². The van der Waals surface area contributed by atoms with Crippen LogP contribution in [0.25, 0.3) is 11.3 Å². The van der Waals surface area contributed by atoms with Crippen LogP contribution in [0, 0.1) is 0 Å². The number of hydrogen-bond donors (Lipinski definition) is 2. The molecule has 72 valence electrons. The van der Waals surface area contributed by atoms with E-state index in [1.54, 1.807) is 0 Å². The summed E-state index contributed by atoms with van der Waals surface area (Å²) in [6.07, 6.45) is 0. The Kier molecular flexibility index (Phi) is 2.86. The third-order valence-electron chi connectivity index (χ3n) is 1.92. The molecular formula is C10H9NOS2. The van der Waals surface area contributed by atoms with Gasteiger partial charge in [-0.05, 0) is 5.56 Å². The van der Waals surface area contributed by atoms with Crippen molar-refractivity contribution in [3.05, 3.63) is 35.2 Å². The van der Waals surface area contributed by atoms with Gasteiger partial charge in [0, 0.05) is 10.9 Å². The Hall–Kier alpha value is -0.840. The maximum absolute atomic E-state index is 8.88. The molecule has 0 saturated heterocycles. The van der Waals surface area contributed by atoms with Gasteiger partial charge in [0.1, 0.15) is 4.34 Å². The summed E-state index contributed by atoms with van der Waals surface area (Å²) in [5.74, 6) is 0. The summed E-state index contributed by atoms with van der Waals surface area (Å²) in [5.41, 5.74) is 2.90. The second-order valence-corrected chi connectivity index (χ2v) is 4.45. The number of thiol groups is 1. The highest BCUT2D eigenvalue weighted by molar-refractivity contribution is 7.82. The van der Waals surface area contributed by atoms with Crippen LogP contribution < -0.4 is 0 Å². The fraction of sp³-hybridized carbons (Fsp3) is 0.100. The van der Waals surface area contributed by atoms with Crippen molar-refractivity contribution in [1.82, 2.24) is 4.98 Å². The predicted octanol–water partition coefficient (Wildman–Crippen LogP) is 2.59. The zero-order valence-corrected chi connectivity index (χ0v) is 9.05. The predicted molar refractivity (Wildman–Crippen MR) is 60.7 cm³/mol. The van der Waals surface area contributed by atoms with Gasteiger partial charge in [-0.1, -0.05) is 24.3 Å². The molecule has 2 nitrogen and oxygen atoms in total. The number of benzene rings is 1. The molecule has 0 aliphatic rings. The third kappa shape index (κ3) is 1.97. The lowest BCUT2D eigenvalue weighted by atomic mass is 10.1. The first kappa shape index (κ1) is 9.71. The van der Waals surface area contributed by atoms with Gasteiger partial charge in [-0.3, -0.25) is 0 Å². The molecule has 0 saturated carbocycles. The van der Waals surface area contributed by atoms with E-state index in [-0.39, 0.29) is 6.61 Å². The van der Waals surface area contributed by atoms with Crippen molar-refractivity contribution >= 4 is 24.0 Å². The van der Waals surface area contributed by atoms with Crippen molar-refractivity contribution in [2.45, 2.75) is 10.9 Å². The molecule has 0 amide bonds. The molecule has 0 aliphatic carbocycles. The van der Waals surface area contributed by atoms with Crippen molar-refractivity contribution in [1.29, 1.82) is 0 Å². The van der Waals surface area contributed by atoms with Crippen molar-refractivity contribution in [2.24, 2.45) is 0 Å². The summed E-state index contributed by atoms with van der Waals surface area (Å²) in [5, 5.41) is 10.8. The van der Waals surface area contributed by atoms with Gasteiger partial charge in [0.05, 0.1) is 12.3 Å². The highest BCUT2D eigenvalue weighted by Gasteiger charge is 2.01. The van der Waals surface area contributed by atoms with E-state index in [1.807, 2.05) is 29.6 Å². The maximum atomic E-state index is 8.88. The van der Waals surface area contributed by atoms with Gasteiger partial charge in [-0.2, -0.15) is 0 Å². The lowest BCUT2D eigenvalue weighted by molar-refractivity contribution is 0.282. The average Bonchev–Trinajstić information content (AvgIpc) is 2.65. The quantitative estimate of drug-likeness (QED) is 0.767. The normalized spacial score (nSPS) is 10.4. The van der Waals surface area contributed by atoms with E-state index in [2.05, 4.69) is 17.6 Å². The average molecular weight is 223 g/mol. The Balaban J connectivity index is 2.33. The Morgan fingerprint density at radius 1 is 1.29 bits per heavy atom.